The molecule has 7 nitrogen and oxygen atoms in total. The molecule has 0 spiro atoms. The van der Waals surface area contributed by atoms with Crippen molar-refractivity contribution in [3.8, 4) is 0 Å². The molecule has 1 unspecified atom stereocenters. The first kappa shape index (κ1) is 20.5. The maximum atomic E-state index is 13.2. The molecule has 2 aromatic rings. The van der Waals surface area contributed by atoms with Gasteiger partial charge in [0.25, 0.3) is 5.91 Å². The summed E-state index contributed by atoms with van der Waals surface area (Å²) in [6.07, 6.45) is 2.74. The van der Waals surface area contributed by atoms with Crippen LogP contribution in [-0.2, 0) is 14.8 Å². The lowest BCUT2D eigenvalue weighted by molar-refractivity contribution is -0.141. The minimum Gasteiger partial charge on any atom is -0.480 e. The molecule has 1 saturated heterocycles. The van der Waals surface area contributed by atoms with Gasteiger partial charge in [0.15, 0.2) is 0 Å². The third-order valence-corrected chi connectivity index (χ3v) is 7.81. The quantitative estimate of drug-likeness (QED) is 0.756. The number of halogens is 1. The molecule has 2 aliphatic rings. The highest BCUT2D eigenvalue weighted by molar-refractivity contribution is 7.89. The van der Waals surface area contributed by atoms with Crippen molar-refractivity contribution in [3.63, 3.8) is 0 Å². The van der Waals surface area contributed by atoms with Crippen LogP contribution in [-0.4, -0.2) is 41.8 Å². The minimum atomic E-state index is -3.99. The van der Waals surface area contributed by atoms with Crippen molar-refractivity contribution in [2.75, 3.05) is 5.32 Å². The Balaban J connectivity index is 1.54. The second-order valence-electron chi connectivity index (χ2n) is 7.67. The Morgan fingerprint density at radius 2 is 1.70 bits per heavy atom. The number of carboxylic acid groups (broad SMARTS) is 1. The topological polar surface area (TPSA) is 104 Å². The van der Waals surface area contributed by atoms with E-state index in [1.807, 2.05) is 0 Å². The fourth-order valence-corrected chi connectivity index (χ4v) is 6.31. The van der Waals surface area contributed by atoms with E-state index in [1.165, 1.54) is 52.8 Å². The number of carbonyl (C=O) groups is 2. The fraction of sp³-hybridized carbons (Fsp3) is 0.333. The molecule has 1 saturated carbocycles. The Hall–Kier alpha value is -2.78. The predicted octanol–water partition coefficient (Wildman–Crippen LogP) is 3.09. The average molecular weight is 432 g/mol. The Bertz CT molecular complexity index is 1070. The third-order valence-electron chi connectivity index (χ3n) is 5.86. The van der Waals surface area contributed by atoms with E-state index in [0.717, 1.165) is 12.8 Å². The summed E-state index contributed by atoms with van der Waals surface area (Å²) < 4.78 is 40.6. The van der Waals surface area contributed by atoms with Crippen LogP contribution >= 0.6 is 0 Å². The van der Waals surface area contributed by atoms with Crippen molar-refractivity contribution >= 4 is 27.6 Å². The Labute approximate surface area is 173 Å². The molecule has 0 radical (unpaired) electrons. The van der Waals surface area contributed by atoms with Crippen molar-refractivity contribution < 1.29 is 27.5 Å². The molecular formula is C21H21FN2O5S. The summed E-state index contributed by atoms with van der Waals surface area (Å²) >= 11 is 0. The molecule has 1 aliphatic carbocycles. The maximum absolute atomic E-state index is 13.2. The zero-order valence-electron chi connectivity index (χ0n) is 16.0. The summed E-state index contributed by atoms with van der Waals surface area (Å²) in [6.45, 7) is 0. The van der Waals surface area contributed by atoms with Crippen molar-refractivity contribution in [1.82, 2.24) is 4.31 Å². The highest BCUT2D eigenvalue weighted by atomic mass is 32.2. The summed E-state index contributed by atoms with van der Waals surface area (Å²) in [6, 6.07) is 9.33. The van der Waals surface area contributed by atoms with Gasteiger partial charge in [-0.3, -0.25) is 9.59 Å². The molecule has 30 heavy (non-hydrogen) atoms. The minimum absolute atomic E-state index is 0.0129. The van der Waals surface area contributed by atoms with Crippen molar-refractivity contribution in [2.45, 2.75) is 42.7 Å². The van der Waals surface area contributed by atoms with Gasteiger partial charge in [0.2, 0.25) is 10.0 Å². The number of aliphatic carboxylic acids is 1. The van der Waals surface area contributed by atoms with Gasteiger partial charge in [-0.2, -0.15) is 4.31 Å². The second kappa shape index (κ2) is 7.81. The summed E-state index contributed by atoms with van der Waals surface area (Å²) in [5.74, 6) is -1.96. The van der Waals surface area contributed by atoms with E-state index in [0.29, 0.717) is 18.5 Å². The highest BCUT2D eigenvalue weighted by Gasteiger charge is 2.52. The molecule has 158 valence electrons. The Kier molecular flexibility index (Phi) is 5.33. The van der Waals surface area contributed by atoms with Gasteiger partial charge in [-0.25, -0.2) is 12.8 Å². The zero-order chi connectivity index (χ0) is 21.5. The van der Waals surface area contributed by atoms with Crippen LogP contribution in [0, 0.1) is 11.7 Å². The molecule has 2 aromatic carbocycles. The van der Waals surface area contributed by atoms with Gasteiger partial charge < -0.3 is 10.4 Å². The fourth-order valence-electron chi connectivity index (χ4n) is 4.44. The van der Waals surface area contributed by atoms with Gasteiger partial charge in [0, 0.05) is 17.3 Å². The first-order valence-corrected chi connectivity index (χ1v) is 11.1. The van der Waals surface area contributed by atoms with Gasteiger partial charge in [-0.05, 0) is 73.7 Å². The molecule has 1 heterocycles. The number of hydrogen-bond acceptors (Lipinski definition) is 4. The maximum Gasteiger partial charge on any atom is 0.322 e. The summed E-state index contributed by atoms with van der Waals surface area (Å²) in [5.41, 5.74) is 0.639. The number of carbonyl (C=O) groups excluding carboxylic acids is 1. The molecule has 0 aromatic heterocycles. The SMILES string of the molecule is O=C(Nc1ccc(S(=O)(=O)N2C(C(=O)O)C[C@H]3CCC[C@H]32)cc1)c1ccc(F)cc1. The highest BCUT2D eigenvalue weighted by Crippen LogP contribution is 2.44. The number of hydrogen-bond donors (Lipinski definition) is 2. The van der Waals surface area contributed by atoms with Crippen LogP contribution in [0.4, 0.5) is 10.1 Å². The van der Waals surface area contributed by atoms with Crippen LogP contribution in [0.1, 0.15) is 36.0 Å². The van der Waals surface area contributed by atoms with Gasteiger partial charge in [-0.15, -0.1) is 0 Å². The summed E-state index contributed by atoms with van der Waals surface area (Å²) in [7, 11) is -3.99. The molecule has 1 amide bonds. The van der Waals surface area contributed by atoms with E-state index in [4.69, 9.17) is 0 Å². The Morgan fingerprint density at radius 3 is 2.33 bits per heavy atom. The monoisotopic (exact) mass is 432 g/mol. The first-order chi connectivity index (χ1) is 14.3. The van der Waals surface area contributed by atoms with E-state index in [9.17, 15) is 27.5 Å². The lowest BCUT2D eigenvalue weighted by atomic mass is 10.0. The van der Waals surface area contributed by atoms with E-state index in [1.54, 1.807) is 0 Å². The Morgan fingerprint density at radius 1 is 1.03 bits per heavy atom. The lowest BCUT2D eigenvalue weighted by Crippen LogP contribution is -2.44. The molecule has 2 fully saturated rings. The third kappa shape index (κ3) is 3.70. The van der Waals surface area contributed by atoms with Crippen LogP contribution in [0.5, 0.6) is 0 Å². The summed E-state index contributed by atoms with van der Waals surface area (Å²) in [5, 5.41) is 12.2. The number of anilines is 1. The predicted molar refractivity (Wildman–Crippen MR) is 107 cm³/mol. The van der Waals surface area contributed by atoms with E-state index >= 15 is 0 Å². The number of nitrogens with one attached hydrogen (secondary N) is 1. The zero-order valence-corrected chi connectivity index (χ0v) is 16.8. The molecule has 4 rings (SSSR count). The average Bonchev–Trinajstić information content (AvgIpc) is 3.30. The molecule has 3 atom stereocenters. The standard InChI is InChI=1S/C21H21FN2O5S/c22-15-6-4-13(5-7-15)20(25)23-16-8-10-17(11-9-16)30(28,29)24-18-3-1-2-14(18)12-19(24)21(26)27/h4-11,14,18-19H,1-3,12H2,(H,23,25)(H,26,27)/t14-,18-,19?/m1/s1. The van der Waals surface area contributed by atoms with E-state index in [2.05, 4.69) is 5.32 Å². The van der Waals surface area contributed by atoms with Crippen molar-refractivity contribution in [1.29, 1.82) is 0 Å². The second-order valence-corrected chi connectivity index (χ2v) is 9.51. The van der Waals surface area contributed by atoms with Gasteiger partial charge >= 0.3 is 5.97 Å². The van der Waals surface area contributed by atoms with Crippen LogP contribution in [0.3, 0.4) is 0 Å². The van der Waals surface area contributed by atoms with Crippen molar-refractivity contribution in [2.24, 2.45) is 5.92 Å². The molecule has 9 heteroatoms. The molecule has 2 N–H and O–H groups in total. The van der Waals surface area contributed by atoms with E-state index < -0.39 is 33.8 Å². The number of carboxylic acids is 1. The smallest absolute Gasteiger partial charge is 0.322 e. The normalized spacial score (nSPS) is 23.8. The van der Waals surface area contributed by atoms with Crippen LogP contribution in [0.2, 0.25) is 0 Å². The lowest BCUT2D eigenvalue weighted by Gasteiger charge is -2.26. The largest absolute Gasteiger partial charge is 0.480 e. The number of nitrogens with zero attached hydrogens (tertiary/aromatic N) is 1. The van der Waals surface area contributed by atoms with Gasteiger partial charge in [-0.1, -0.05) is 6.42 Å². The molecular weight excluding hydrogens is 411 g/mol. The number of rotatable bonds is 5. The van der Waals surface area contributed by atoms with Gasteiger partial charge in [0.1, 0.15) is 11.9 Å². The molecule has 1 aliphatic heterocycles. The van der Waals surface area contributed by atoms with Gasteiger partial charge in [0.05, 0.1) is 4.90 Å². The number of amides is 1. The summed E-state index contributed by atoms with van der Waals surface area (Å²) in [4.78, 5) is 23.9. The van der Waals surface area contributed by atoms with Crippen LogP contribution < -0.4 is 5.32 Å². The van der Waals surface area contributed by atoms with Crippen LogP contribution in [0.15, 0.2) is 53.4 Å². The van der Waals surface area contributed by atoms with Crippen LogP contribution in [0.25, 0.3) is 0 Å². The van der Waals surface area contributed by atoms with E-state index in [-0.39, 0.29) is 22.4 Å². The first-order valence-electron chi connectivity index (χ1n) is 9.71. The number of fused-ring (bicyclic) bond motifs is 1. The number of sulfonamides is 1. The van der Waals surface area contributed by atoms with Crippen molar-refractivity contribution in [3.05, 3.63) is 59.9 Å². The number of benzene rings is 2. The molecule has 0 bridgehead atoms.